The van der Waals surface area contributed by atoms with Crippen molar-refractivity contribution in [1.29, 1.82) is 0 Å². The molecule has 4 nitrogen and oxygen atoms in total. The first-order valence-corrected chi connectivity index (χ1v) is 6.79. The van der Waals surface area contributed by atoms with Crippen LogP contribution < -0.4 is 10.6 Å². The Morgan fingerprint density at radius 1 is 1.25 bits per heavy atom. The molecule has 5 heteroatoms. The molecule has 0 saturated heterocycles. The normalized spacial score (nSPS) is 10.3. The second-order valence-corrected chi connectivity index (χ2v) is 5.28. The zero-order chi connectivity index (χ0) is 14.7. The highest BCUT2D eigenvalue weighted by Gasteiger charge is 2.10. The average Bonchev–Trinajstić information content (AvgIpc) is 2.40. The fraction of sp³-hybridized carbons (Fsp3) is 0.267. The van der Waals surface area contributed by atoms with Crippen molar-refractivity contribution < 1.29 is 0 Å². The summed E-state index contributed by atoms with van der Waals surface area (Å²) in [4.78, 5) is 11.1. The van der Waals surface area contributed by atoms with E-state index < -0.39 is 0 Å². The first kappa shape index (κ1) is 14.4. The number of nitrogens with two attached hydrogens (primary N) is 1. The summed E-state index contributed by atoms with van der Waals surface area (Å²) < 4.78 is 0. The Kier molecular flexibility index (Phi) is 4.29. The van der Waals surface area contributed by atoms with Crippen LogP contribution in [0.3, 0.4) is 0 Å². The number of rotatable bonds is 4. The SMILES string of the molecule is Cc1cc(C(N)=S)nc(N(C)Cc2ccccc2C)n1. The van der Waals surface area contributed by atoms with Gasteiger partial charge in [-0.05, 0) is 31.0 Å². The van der Waals surface area contributed by atoms with Gasteiger partial charge in [0.25, 0.3) is 0 Å². The summed E-state index contributed by atoms with van der Waals surface area (Å²) in [6.45, 7) is 4.75. The maximum Gasteiger partial charge on any atom is 0.226 e. The van der Waals surface area contributed by atoms with Crippen molar-refractivity contribution in [3.05, 3.63) is 52.8 Å². The molecule has 104 valence electrons. The van der Waals surface area contributed by atoms with Gasteiger partial charge in [0.2, 0.25) is 5.95 Å². The molecule has 1 aromatic heterocycles. The van der Waals surface area contributed by atoms with Crippen molar-refractivity contribution in [3.63, 3.8) is 0 Å². The molecule has 0 saturated carbocycles. The average molecular weight is 286 g/mol. The molecule has 0 fully saturated rings. The molecular weight excluding hydrogens is 268 g/mol. The number of hydrogen-bond donors (Lipinski definition) is 1. The molecule has 0 atom stereocenters. The largest absolute Gasteiger partial charge is 0.388 e. The maximum atomic E-state index is 5.65. The molecule has 0 aliphatic carbocycles. The minimum absolute atomic E-state index is 0.293. The number of hydrogen-bond acceptors (Lipinski definition) is 4. The molecular formula is C15H18N4S. The molecule has 0 amide bonds. The van der Waals surface area contributed by atoms with Crippen LogP contribution in [0.15, 0.2) is 30.3 Å². The molecule has 0 aliphatic rings. The van der Waals surface area contributed by atoms with Crippen molar-refractivity contribution in [2.45, 2.75) is 20.4 Å². The standard InChI is InChI=1S/C15H18N4S/c1-10-6-4-5-7-12(10)9-19(3)15-17-11(2)8-13(18-15)14(16)20/h4-8H,9H2,1-3H3,(H2,16,20). The van der Waals surface area contributed by atoms with Gasteiger partial charge in [0, 0.05) is 19.3 Å². The third-order valence-corrected chi connectivity index (χ3v) is 3.31. The topological polar surface area (TPSA) is 55.0 Å². The molecule has 0 aliphatic heterocycles. The Bertz CT molecular complexity index is 640. The van der Waals surface area contributed by atoms with E-state index in [0.717, 1.165) is 12.2 Å². The predicted octanol–water partition coefficient (Wildman–Crippen LogP) is 2.36. The minimum Gasteiger partial charge on any atom is -0.388 e. The number of nitrogens with zero attached hydrogens (tertiary/aromatic N) is 3. The van der Waals surface area contributed by atoms with Crippen molar-refractivity contribution in [1.82, 2.24) is 9.97 Å². The molecule has 0 unspecified atom stereocenters. The highest BCUT2D eigenvalue weighted by atomic mass is 32.1. The van der Waals surface area contributed by atoms with Gasteiger partial charge < -0.3 is 10.6 Å². The molecule has 1 aromatic carbocycles. The highest BCUT2D eigenvalue weighted by molar-refractivity contribution is 7.80. The third kappa shape index (κ3) is 3.30. The van der Waals surface area contributed by atoms with Crippen LogP contribution >= 0.6 is 12.2 Å². The Morgan fingerprint density at radius 2 is 1.95 bits per heavy atom. The van der Waals surface area contributed by atoms with E-state index in [1.807, 2.05) is 31.0 Å². The van der Waals surface area contributed by atoms with Crippen LogP contribution in [0.5, 0.6) is 0 Å². The van der Waals surface area contributed by atoms with Crippen LogP contribution in [0.2, 0.25) is 0 Å². The van der Waals surface area contributed by atoms with Gasteiger partial charge in [0.1, 0.15) is 10.7 Å². The quantitative estimate of drug-likeness (QED) is 0.875. The lowest BCUT2D eigenvalue weighted by atomic mass is 10.1. The molecule has 1 heterocycles. The van der Waals surface area contributed by atoms with E-state index >= 15 is 0 Å². The van der Waals surface area contributed by atoms with Crippen molar-refractivity contribution >= 4 is 23.2 Å². The van der Waals surface area contributed by atoms with Crippen molar-refractivity contribution in [2.75, 3.05) is 11.9 Å². The van der Waals surface area contributed by atoms with E-state index in [9.17, 15) is 0 Å². The van der Waals surface area contributed by atoms with Gasteiger partial charge in [-0.15, -0.1) is 0 Å². The third-order valence-electron chi connectivity index (χ3n) is 3.11. The number of benzene rings is 1. The number of aromatic nitrogens is 2. The second kappa shape index (κ2) is 5.96. The Morgan fingerprint density at radius 3 is 2.60 bits per heavy atom. The van der Waals surface area contributed by atoms with Crippen LogP contribution in [0.25, 0.3) is 0 Å². The molecule has 0 radical (unpaired) electrons. The Balaban J connectivity index is 2.27. The Hall–Kier alpha value is -2.01. The maximum absolute atomic E-state index is 5.65. The Labute approximate surface area is 124 Å². The first-order chi connectivity index (χ1) is 9.47. The van der Waals surface area contributed by atoms with Crippen LogP contribution in [0.4, 0.5) is 5.95 Å². The van der Waals surface area contributed by atoms with Crippen LogP contribution in [0, 0.1) is 13.8 Å². The fourth-order valence-corrected chi connectivity index (χ4v) is 2.07. The van der Waals surface area contributed by atoms with E-state index in [2.05, 4.69) is 29.0 Å². The highest BCUT2D eigenvalue weighted by Crippen LogP contribution is 2.14. The smallest absolute Gasteiger partial charge is 0.226 e. The molecule has 2 aromatic rings. The lowest BCUT2D eigenvalue weighted by Gasteiger charge is -2.19. The number of thiocarbonyl (C=S) groups is 1. The summed E-state index contributed by atoms with van der Waals surface area (Å²) in [5, 5.41) is 0. The van der Waals surface area contributed by atoms with Gasteiger partial charge >= 0.3 is 0 Å². The van der Waals surface area contributed by atoms with Crippen LogP contribution in [-0.2, 0) is 6.54 Å². The first-order valence-electron chi connectivity index (χ1n) is 6.38. The number of aryl methyl sites for hydroxylation is 2. The molecule has 20 heavy (non-hydrogen) atoms. The van der Waals surface area contributed by atoms with Crippen LogP contribution in [-0.4, -0.2) is 22.0 Å². The summed E-state index contributed by atoms with van der Waals surface area (Å²) >= 11 is 4.99. The van der Waals surface area contributed by atoms with E-state index in [4.69, 9.17) is 18.0 Å². The lowest BCUT2D eigenvalue weighted by molar-refractivity contribution is 0.852. The molecule has 2 N–H and O–H groups in total. The van der Waals surface area contributed by atoms with Crippen LogP contribution in [0.1, 0.15) is 22.5 Å². The summed E-state index contributed by atoms with van der Waals surface area (Å²) in [6.07, 6.45) is 0. The van der Waals surface area contributed by atoms with E-state index in [1.165, 1.54) is 11.1 Å². The lowest BCUT2D eigenvalue weighted by Crippen LogP contribution is -2.22. The zero-order valence-corrected chi connectivity index (χ0v) is 12.7. The van der Waals surface area contributed by atoms with Gasteiger partial charge in [0.05, 0.1) is 0 Å². The van der Waals surface area contributed by atoms with E-state index in [-0.39, 0.29) is 0 Å². The monoisotopic (exact) mass is 286 g/mol. The summed E-state index contributed by atoms with van der Waals surface area (Å²) in [5.41, 5.74) is 9.62. The molecule has 0 spiro atoms. The van der Waals surface area contributed by atoms with Gasteiger partial charge in [-0.1, -0.05) is 36.5 Å². The van der Waals surface area contributed by atoms with Gasteiger partial charge in [-0.2, -0.15) is 0 Å². The summed E-state index contributed by atoms with van der Waals surface area (Å²) in [7, 11) is 1.96. The van der Waals surface area contributed by atoms with E-state index in [0.29, 0.717) is 16.6 Å². The predicted molar refractivity (Wildman–Crippen MR) is 85.9 cm³/mol. The van der Waals surface area contributed by atoms with Gasteiger partial charge in [-0.3, -0.25) is 0 Å². The van der Waals surface area contributed by atoms with Crippen molar-refractivity contribution in [3.8, 4) is 0 Å². The zero-order valence-electron chi connectivity index (χ0n) is 11.9. The van der Waals surface area contributed by atoms with Crippen molar-refractivity contribution in [2.24, 2.45) is 5.73 Å². The second-order valence-electron chi connectivity index (χ2n) is 4.84. The fourth-order valence-electron chi connectivity index (χ4n) is 1.96. The van der Waals surface area contributed by atoms with Gasteiger partial charge in [-0.25, -0.2) is 9.97 Å². The molecule has 0 bridgehead atoms. The van der Waals surface area contributed by atoms with E-state index in [1.54, 1.807) is 6.07 Å². The van der Waals surface area contributed by atoms with Gasteiger partial charge in [0.15, 0.2) is 0 Å². The summed E-state index contributed by atoms with van der Waals surface area (Å²) in [6, 6.07) is 10.1. The minimum atomic E-state index is 0.293. The molecule has 2 rings (SSSR count). The number of anilines is 1. The summed E-state index contributed by atoms with van der Waals surface area (Å²) in [5.74, 6) is 0.635.